The van der Waals surface area contributed by atoms with E-state index in [1.165, 1.54) is 0 Å². The molecule has 120 valence electrons. The van der Waals surface area contributed by atoms with Crippen LogP contribution in [-0.4, -0.2) is 54.1 Å². The van der Waals surface area contributed by atoms with E-state index in [0.717, 1.165) is 37.1 Å². The zero-order chi connectivity index (χ0) is 15.7. The maximum atomic E-state index is 12.4. The average Bonchev–Trinajstić information content (AvgIpc) is 2.87. The number of hydrogen-bond acceptors (Lipinski definition) is 4. The van der Waals surface area contributed by atoms with E-state index < -0.39 is 0 Å². The fraction of sp³-hybridized carbons (Fsp3) is 0.625. The molecule has 1 aromatic rings. The van der Waals surface area contributed by atoms with Crippen molar-refractivity contribution in [2.75, 3.05) is 26.2 Å². The van der Waals surface area contributed by atoms with Crippen molar-refractivity contribution in [1.82, 2.24) is 9.80 Å². The van der Waals surface area contributed by atoms with Crippen LogP contribution in [0.5, 0.6) is 0 Å². The number of amides is 2. The lowest BCUT2D eigenvalue weighted by Gasteiger charge is -2.39. The molecule has 0 unspecified atom stereocenters. The Bertz CT molecular complexity index is 553. The Morgan fingerprint density at radius 2 is 1.95 bits per heavy atom. The van der Waals surface area contributed by atoms with Gasteiger partial charge >= 0.3 is 6.09 Å². The van der Waals surface area contributed by atoms with E-state index in [9.17, 15) is 9.59 Å². The van der Waals surface area contributed by atoms with Crippen LogP contribution in [0, 0.1) is 13.8 Å². The van der Waals surface area contributed by atoms with Gasteiger partial charge in [-0.3, -0.25) is 4.79 Å². The summed E-state index contributed by atoms with van der Waals surface area (Å²) in [4.78, 5) is 27.8. The van der Waals surface area contributed by atoms with E-state index in [1.807, 2.05) is 23.6 Å². The lowest BCUT2D eigenvalue weighted by molar-refractivity contribution is 0.0348. The van der Waals surface area contributed by atoms with E-state index in [2.05, 4.69) is 0 Å². The summed E-state index contributed by atoms with van der Waals surface area (Å²) in [5.41, 5.74) is 0.995. The van der Waals surface area contributed by atoms with Gasteiger partial charge in [0.15, 0.2) is 5.76 Å². The fourth-order valence-corrected chi connectivity index (χ4v) is 3.12. The van der Waals surface area contributed by atoms with Crippen LogP contribution >= 0.6 is 0 Å². The first-order valence-corrected chi connectivity index (χ1v) is 7.86. The summed E-state index contributed by atoms with van der Waals surface area (Å²) in [6, 6.07) is 1.98. The van der Waals surface area contributed by atoms with Crippen molar-refractivity contribution < 1.29 is 18.7 Å². The average molecular weight is 306 g/mol. The summed E-state index contributed by atoms with van der Waals surface area (Å²) in [6.07, 6.45) is 2.25. The number of rotatable bonds is 2. The molecule has 0 N–H and O–H groups in total. The number of piperidine rings is 1. The van der Waals surface area contributed by atoms with E-state index in [1.54, 1.807) is 6.07 Å². The predicted molar refractivity (Wildman–Crippen MR) is 79.8 cm³/mol. The molecule has 2 fully saturated rings. The number of hydrogen-bond donors (Lipinski definition) is 0. The minimum Gasteiger partial charge on any atom is -0.456 e. The van der Waals surface area contributed by atoms with Gasteiger partial charge in [-0.25, -0.2) is 4.79 Å². The Morgan fingerprint density at radius 1 is 1.23 bits per heavy atom. The minimum atomic E-state index is -0.215. The van der Waals surface area contributed by atoms with Gasteiger partial charge < -0.3 is 19.0 Å². The second-order valence-electron chi connectivity index (χ2n) is 6.03. The number of carbonyl (C=O) groups excluding carboxylic acids is 2. The maximum Gasteiger partial charge on any atom is 0.410 e. The standard InChI is InChI=1S/C16H22N2O4/c1-11-10-14(22-12(11)2)15(19)17-7-4-13(5-8-17)18-6-3-9-21-16(18)20/h10,13H,3-9H2,1-2H3. The molecule has 0 aromatic carbocycles. The highest BCUT2D eigenvalue weighted by atomic mass is 16.6. The number of cyclic esters (lactones) is 1. The first-order valence-electron chi connectivity index (χ1n) is 7.86. The molecular formula is C16H22N2O4. The van der Waals surface area contributed by atoms with Crippen LogP contribution in [0.1, 0.15) is 41.1 Å². The molecule has 1 aromatic heterocycles. The molecule has 2 saturated heterocycles. The maximum absolute atomic E-state index is 12.4. The summed E-state index contributed by atoms with van der Waals surface area (Å²) in [5, 5.41) is 0. The molecule has 3 rings (SSSR count). The molecule has 0 atom stereocenters. The Hall–Kier alpha value is -1.98. The summed E-state index contributed by atoms with van der Waals surface area (Å²) in [5.74, 6) is 1.14. The first-order chi connectivity index (χ1) is 10.6. The monoisotopic (exact) mass is 306 g/mol. The van der Waals surface area contributed by atoms with Crippen LogP contribution in [0.4, 0.5) is 4.79 Å². The Kier molecular flexibility index (Phi) is 4.09. The summed E-state index contributed by atoms with van der Waals surface area (Å²) < 4.78 is 10.6. The van der Waals surface area contributed by atoms with E-state index in [0.29, 0.717) is 25.5 Å². The molecule has 0 spiro atoms. The van der Waals surface area contributed by atoms with Crippen molar-refractivity contribution in [2.24, 2.45) is 0 Å². The fourth-order valence-electron chi connectivity index (χ4n) is 3.12. The predicted octanol–water partition coefficient (Wildman–Crippen LogP) is 2.34. The SMILES string of the molecule is Cc1cc(C(=O)N2CCC(N3CCCOC3=O)CC2)oc1C. The molecule has 2 aliphatic heterocycles. The van der Waals surface area contributed by atoms with Crippen molar-refractivity contribution in [2.45, 2.75) is 39.2 Å². The van der Waals surface area contributed by atoms with Crippen LogP contribution in [0.3, 0.4) is 0 Å². The third-order valence-corrected chi connectivity index (χ3v) is 4.57. The van der Waals surface area contributed by atoms with Gasteiger partial charge in [0, 0.05) is 25.7 Å². The molecule has 6 heteroatoms. The topological polar surface area (TPSA) is 63.0 Å². The Labute approximate surface area is 130 Å². The second kappa shape index (κ2) is 6.02. The summed E-state index contributed by atoms with van der Waals surface area (Å²) in [6.45, 7) is 6.36. The van der Waals surface area contributed by atoms with Crippen LogP contribution in [-0.2, 0) is 4.74 Å². The third kappa shape index (κ3) is 2.82. The minimum absolute atomic E-state index is 0.0594. The number of aryl methyl sites for hydroxylation is 2. The van der Waals surface area contributed by atoms with Gasteiger partial charge in [-0.1, -0.05) is 0 Å². The Balaban J connectivity index is 1.59. The molecule has 3 heterocycles. The highest BCUT2D eigenvalue weighted by molar-refractivity contribution is 5.91. The lowest BCUT2D eigenvalue weighted by Crippen LogP contribution is -2.50. The summed E-state index contributed by atoms with van der Waals surface area (Å²) >= 11 is 0. The molecule has 0 radical (unpaired) electrons. The highest BCUT2D eigenvalue weighted by Gasteiger charge is 2.32. The Morgan fingerprint density at radius 3 is 2.55 bits per heavy atom. The zero-order valence-electron chi connectivity index (χ0n) is 13.1. The van der Waals surface area contributed by atoms with Crippen molar-refractivity contribution in [3.05, 3.63) is 23.2 Å². The van der Waals surface area contributed by atoms with Crippen molar-refractivity contribution >= 4 is 12.0 Å². The van der Waals surface area contributed by atoms with Gasteiger partial charge in [0.25, 0.3) is 5.91 Å². The molecule has 2 amide bonds. The smallest absolute Gasteiger partial charge is 0.410 e. The van der Waals surface area contributed by atoms with Gasteiger partial charge in [0.05, 0.1) is 6.61 Å². The molecule has 22 heavy (non-hydrogen) atoms. The normalized spacial score (nSPS) is 20.2. The largest absolute Gasteiger partial charge is 0.456 e. The third-order valence-electron chi connectivity index (χ3n) is 4.57. The van der Waals surface area contributed by atoms with Crippen molar-refractivity contribution in [1.29, 1.82) is 0 Å². The molecular weight excluding hydrogens is 284 g/mol. The van der Waals surface area contributed by atoms with Gasteiger partial charge in [0.2, 0.25) is 0 Å². The van der Waals surface area contributed by atoms with E-state index in [-0.39, 0.29) is 18.0 Å². The van der Waals surface area contributed by atoms with Crippen LogP contribution < -0.4 is 0 Å². The van der Waals surface area contributed by atoms with Crippen LogP contribution in [0.25, 0.3) is 0 Å². The van der Waals surface area contributed by atoms with Crippen molar-refractivity contribution in [3.63, 3.8) is 0 Å². The van der Waals surface area contributed by atoms with Crippen LogP contribution in [0.2, 0.25) is 0 Å². The van der Waals surface area contributed by atoms with E-state index in [4.69, 9.17) is 9.15 Å². The molecule has 0 bridgehead atoms. The molecule has 0 aliphatic carbocycles. The van der Waals surface area contributed by atoms with Crippen molar-refractivity contribution in [3.8, 4) is 0 Å². The molecule has 6 nitrogen and oxygen atoms in total. The van der Waals surface area contributed by atoms with Gasteiger partial charge in [-0.05, 0) is 44.7 Å². The van der Waals surface area contributed by atoms with E-state index >= 15 is 0 Å². The van der Waals surface area contributed by atoms with Gasteiger partial charge in [-0.15, -0.1) is 0 Å². The quantitative estimate of drug-likeness (QED) is 0.841. The number of furan rings is 1. The number of carbonyl (C=O) groups is 2. The lowest BCUT2D eigenvalue weighted by atomic mass is 10.0. The molecule has 2 aliphatic rings. The second-order valence-corrected chi connectivity index (χ2v) is 6.03. The summed E-state index contributed by atoms with van der Waals surface area (Å²) in [7, 11) is 0. The zero-order valence-corrected chi connectivity index (χ0v) is 13.1. The molecule has 0 saturated carbocycles. The number of nitrogens with zero attached hydrogens (tertiary/aromatic N) is 2. The first kappa shape index (κ1) is 14.9. The van der Waals surface area contributed by atoms with Gasteiger partial charge in [0.1, 0.15) is 5.76 Å². The number of ether oxygens (including phenoxy) is 1. The van der Waals surface area contributed by atoms with Crippen LogP contribution in [0.15, 0.2) is 10.5 Å². The van der Waals surface area contributed by atoms with Gasteiger partial charge in [-0.2, -0.15) is 0 Å². The number of likely N-dealkylation sites (tertiary alicyclic amines) is 1. The highest BCUT2D eigenvalue weighted by Crippen LogP contribution is 2.22.